The van der Waals surface area contributed by atoms with Gasteiger partial charge < -0.3 is 16.0 Å². The highest BCUT2D eigenvalue weighted by Gasteiger charge is 2.49. The second-order valence-corrected chi connectivity index (χ2v) is 5.89. The molecule has 1 atom stereocenters. The molecule has 1 heterocycles. The summed E-state index contributed by atoms with van der Waals surface area (Å²) in [6.07, 6.45) is 2.31. The Morgan fingerprint density at radius 3 is 2.68 bits per heavy atom. The average molecular weight is 309 g/mol. The van der Waals surface area contributed by atoms with Crippen LogP contribution in [0.5, 0.6) is 0 Å². The van der Waals surface area contributed by atoms with Gasteiger partial charge in [-0.15, -0.1) is 0 Å². The van der Waals surface area contributed by atoms with Gasteiger partial charge in [0.05, 0.1) is 5.54 Å². The molecule has 0 aromatic heterocycles. The van der Waals surface area contributed by atoms with Crippen LogP contribution in [0.4, 0.5) is 13.6 Å². The minimum Gasteiger partial charge on any atom is -0.351 e. The van der Waals surface area contributed by atoms with Crippen molar-refractivity contribution in [3.8, 4) is 0 Å². The van der Waals surface area contributed by atoms with Crippen LogP contribution in [0.2, 0.25) is 0 Å². The van der Waals surface area contributed by atoms with Crippen molar-refractivity contribution in [1.29, 1.82) is 0 Å². The summed E-state index contributed by atoms with van der Waals surface area (Å²) in [7, 11) is 0. The summed E-state index contributed by atoms with van der Waals surface area (Å²) >= 11 is 0. The van der Waals surface area contributed by atoms with Crippen LogP contribution in [-0.4, -0.2) is 29.4 Å². The lowest BCUT2D eigenvalue weighted by Gasteiger charge is -2.25. The topological polar surface area (TPSA) is 75.4 Å². The standard InChI is InChI=1S/C15H17F2N3O2/c16-9-3-4-11(17)10(8-9)15(5-6-15)19-13(21)12-2-1-7-20(12)14(18)22/h3-4,8,12H,1-2,5-7H2,(H2,18,22)(H,19,21)/t12-/m0/s1. The van der Waals surface area contributed by atoms with Crippen LogP contribution in [0, 0.1) is 11.6 Å². The molecule has 1 aliphatic carbocycles. The maximum Gasteiger partial charge on any atom is 0.315 e. The molecule has 0 spiro atoms. The van der Waals surface area contributed by atoms with Crippen molar-refractivity contribution in [2.24, 2.45) is 5.73 Å². The van der Waals surface area contributed by atoms with Crippen LogP contribution < -0.4 is 11.1 Å². The highest BCUT2D eigenvalue weighted by molar-refractivity contribution is 5.88. The summed E-state index contributed by atoms with van der Waals surface area (Å²) in [5, 5.41) is 2.78. The van der Waals surface area contributed by atoms with Crippen LogP contribution in [0.3, 0.4) is 0 Å². The van der Waals surface area contributed by atoms with Gasteiger partial charge in [-0.05, 0) is 43.9 Å². The van der Waals surface area contributed by atoms with Gasteiger partial charge >= 0.3 is 6.03 Å². The monoisotopic (exact) mass is 309 g/mol. The first kappa shape index (κ1) is 14.7. The number of hydrogen-bond acceptors (Lipinski definition) is 2. The van der Waals surface area contributed by atoms with E-state index >= 15 is 0 Å². The van der Waals surface area contributed by atoms with E-state index in [2.05, 4.69) is 5.32 Å². The smallest absolute Gasteiger partial charge is 0.315 e. The number of primary amides is 1. The van der Waals surface area contributed by atoms with E-state index in [4.69, 9.17) is 5.73 Å². The predicted octanol–water partition coefficient (Wildman–Crippen LogP) is 1.61. The third kappa shape index (κ3) is 2.51. The maximum atomic E-state index is 13.9. The fraction of sp³-hybridized carbons (Fsp3) is 0.467. The van der Waals surface area contributed by atoms with E-state index in [0.717, 1.165) is 18.2 Å². The van der Waals surface area contributed by atoms with E-state index in [1.54, 1.807) is 0 Å². The molecule has 3 rings (SSSR count). The molecule has 22 heavy (non-hydrogen) atoms. The molecule has 5 nitrogen and oxygen atoms in total. The molecule has 1 aromatic carbocycles. The fourth-order valence-electron chi connectivity index (χ4n) is 3.07. The Morgan fingerprint density at radius 2 is 2.05 bits per heavy atom. The van der Waals surface area contributed by atoms with Crippen molar-refractivity contribution in [1.82, 2.24) is 10.2 Å². The molecule has 3 amide bonds. The minimum atomic E-state index is -0.866. The molecular weight excluding hydrogens is 292 g/mol. The summed E-state index contributed by atoms with van der Waals surface area (Å²) in [6, 6.07) is 1.94. The van der Waals surface area contributed by atoms with Gasteiger partial charge in [-0.2, -0.15) is 0 Å². The van der Waals surface area contributed by atoms with Crippen molar-refractivity contribution in [3.63, 3.8) is 0 Å². The van der Waals surface area contributed by atoms with Crippen molar-refractivity contribution >= 4 is 11.9 Å². The lowest BCUT2D eigenvalue weighted by molar-refractivity contribution is -0.125. The normalized spacial score (nSPS) is 22.5. The Hall–Kier alpha value is -2.18. The van der Waals surface area contributed by atoms with Gasteiger partial charge in [-0.1, -0.05) is 0 Å². The first-order chi connectivity index (χ1) is 10.4. The van der Waals surface area contributed by atoms with Gasteiger partial charge in [0, 0.05) is 12.1 Å². The number of likely N-dealkylation sites (tertiary alicyclic amines) is 1. The third-order valence-electron chi connectivity index (χ3n) is 4.39. The van der Waals surface area contributed by atoms with E-state index in [1.165, 1.54) is 4.90 Å². The van der Waals surface area contributed by atoms with Gasteiger partial charge in [-0.3, -0.25) is 4.79 Å². The second-order valence-electron chi connectivity index (χ2n) is 5.89. The lowest BCUT2D eigenvalue weighted by Crippen LogP contribution is -2.50. The number of carbonyl (C=O) groups excluding carboxylic acids is 2. The van der Waals surface area contributed by atoms with Crippen LogP contribution in [0.25, 0.3) is 0 Å². The number of amides is 3. The zero-order chi connectivity index (χ0) is 15.9. The summed E-state index contributed by atoms with van der Waals surface area (Å²) in [5.74, 6) is -1.45. The predicted molar refractivity (Wildman–Crippen MR) is 74.7 cm³/mol. The molecule has 7 heteroatoms. The Labute approximate surface area is 126 Å². The van der Waals surface area contributed by atoms with Crippen LogP contribution in [0.15, 0.2) is 18.2 Å². The highest BCUT2D eigenvalue weighted by atomic mass is 19.1. The molecule has 1 aliphatic heterocycles. The molecule has 0 unspecified atom stereocenters. The molecule has 1 saturated carbocycles. The first-order valence-electron chi connectivity index (χ1n) is 7.26. The number of benzene rings is 1. The maximum absolute atomic E-state index is 13.9. The Balaban J connectivity index is 1.79. The lowest BCUT2D eigenvalue weighted by atomic mass is 10.0. The molecule has 1 saturated heterocycles. The largest absolute Gasteiger partial charge is 0.351 e. The van der Waals surface area contributed by atoms with Gasteiger partial charge in [-0.25, -0.2) is 13.6 Å². The number of nitrogens with one attached hydrogen (secondary N) is 1. The van der Waals surface area contributed by atoms with Crippen LogP contribution in [-0.2, 0) is 10.3 Å². The highest BCUT2D eigenvalue weighted by Crippen LogP contribution is 2.46. The van der Waals surface area contributed by atoms with Crippen molar-refractivity contribution in [2.45, 2.75) is 37.3 Å². The first-order valence-corrected chi connectivity index (χ1v) is 7.26. The number of hydrogen-bond donors (Lipinski definition) is 2. The minimum absolute atomic E-state index is 0.157. The number of urea groups is 1. The SMILES string of the molecule is NC(=O)N1CCC[C@H]1C(=O)NC1(c2cc(F)ccc2F)CC1. The molecule has 0 radical (unpaired) electrons. The van der Waals surface area contributed by atoms with E-state index in [1.807, 2.05) is 0 Å². The van der Waals surface area contributed by atoms with Crippen molar-refractivity contribution < 1.29 is 18.4 Å². The zero-order valence-electron chi connectivity index (χ0n) is 11.9. The fourth-order valence-corrected chi connectivity index (χ4v) is 3.07. The van der Waals surface area contributed by atoms with Crippen LogP contribution in [0.1, 0.15) is 31.2 Å². The third-order valence-corrected chi connectivity index (χ3v) is 4.39. The van der Waals surface area contributed by atoms with Crippen molar-refractivity contribution in [3.05, 3.63) is 35.4 Å². The molecule has 1 aromatic rings. The molecule has 2 fully saturated rings. The van der Waals surface area contributed by atoms with Gasteiger partial charge in [0.25, 0.3) is 0 Å². The van der Waals surface area contributed by atoms with E-state index in [0.29, 0.717) is 32.2 Å². The molecule has 3 N–H and O–H groups in total. The van der Waals surface area contributed by atoms with Gasteiger partial charge in [0.2, 0.25) is 5.91 Å². The molecule has 118 valence electrons. The molecule has 2 aliphatic rings. The summed E-state index contributed by atoms with van der Waals surface area (Å²) < 4.78 is 27.3. The van der Waals surface area contributed by atoms with Gasteiger partial charge in [0.1, 0.15) is 17.7 Å². The second kappa shape index (κ2) is 5.23. The Kier molecular flexibility index (Phi) is 3.50. The number of halogens is 2. The van der Waals surface area contributed by atoms with Gasteiger partial charge in [0.15, 0.2) is 0 Å². The van der Waals surface area contributed by atoms with E-state index in [-0.39, 0.29) is 11.5 Å². The molecule has 0 bridgehead atoms. The summed E-state index contributed by atoms with van der Waals surface area (Å²) in [4.78, 5) is 25.0. The number of nitrogens with zero attached hydrogens (tertiary/aromatic N) is 1. The molecular formula is C15H17F2N3O2. The number of carbonyl (C=O) groups is 2. The van der Waals surface area contributed by atoms with E-state index in [9.17, 15) is 18.4 Å². The summed E-state index contributed by atoms with van der Waals surface area (Å²) in [6.45, 7) is 0.439. The van der Waals surface area contributed by atoms with Crippen LogP contribution >= 0.6 is 0 Å². The number of rotatable bonds is 3. The zero-order valence-corrected chi connectivity index (χ0v) is 11.9. The van der Waals surface area contributed by atoms with Crippen molar-refractivity contribution in [2.75, 3.05) is 6.54 Å². The average Bonchev–Trinajstić information content (AvgIpc) is 3.06. The Bertz CT molecular complexity index is 631. The number of nitrogens with two attached hydrogens (primary N) is 1. The summed E-state index contributed by atoms with van der Waals surface area (Å²) in [5.41, 5.74) is 4.55. The quantitative estimate of drug-likeness (QED) is 0.890. The Morgan fingerprint density at radius 1 is 1.32 bits per heavy atom. The van der Waals surface area contributed by atoms with E-state index < -0.39 is 29.2 Å².